The third-order valence-electron chi connectivity index (χ3n) is 0. The fourth-order valence-corrected chi connectivity index (χ4v) is 0. The van der Waals surface area contributed by atoms with Crippen molar-refractivity contribution < 1.29 is 79.2 Å². The molecule has 0 saturated heterocycles. The van der Waals surface area contributed by atoms with Crippen molar-refractivity contribution in [2.45, 2.75) is 0 Å². The SMILES string of the molecule is [Ba+2].[Ga+3].[Nd+3].[O-][Si]([O-])([O-])[O-].[O-][Si]([O-])([O-])[O-]. The second-order valence-corrected chi connectivity index (χ2v) is 3.00. The predicted octanol–water partition coefficient (Wildman–Crippen LogP) is -11.0. The summed E-state index contributed by atoms with van der Waals surface area (Å²) in [5.74, 6) is 0. The molecule has 0 saturated carbocycles. The minimum Gasteiger partial charge on any atom is -0.894 e. The van der Waals surface area contributed by atoms with Crippen LogP contribution in [0.15, 0.2) is 0 Å². The maximum Gasteiger partial charge on any atom is 3.00 e. The summed E-state index contributed by atoms with van der Waals surface area (Å²) in [5.41, 5.74) is 0. The minimum atomic E-state index is -5.61. The number of rotatable bonds is 0. The van der Waals surface area contributed by atoms with Gasteiger partial charge in [-0.2, -0.15) is 0 Å². The van der Waals surface area contributed by atoms with Crippen LogP contribution < -0.4 is 38.4 Å². The zero-order valence-electron chi connectivity index (χ0n) is 6.05. The van der Waals surface area contributed by atoms with E-state index >= 15 is 0 Å². The largest absolute Gasteiger partial charge is 3.00 e. The molecule has 0 aliphatic rings. The van der Waals surface area contributed by atoms with E-state index in [-0.39, 0.29) is 110 Å². The van der Waals surface area contributed by atoms with Gasteiger partial charge in [0.1, 0.15) is 0 Å². The van der Waals surface area contributed by atoms with Crippen LogP contribution in [0.5, 0.6) is 0 Å². The van der Waals surface area contributed by atoms with Crippen molar-refractivity contribution in [1.82, 2.24) is 0 Å². The Bertz CT molecular complexity index is 65.1. The molecule has 0 N–H and O–H groups in total. The fraction of sp³-hybridized carbons (Fsp3) is 0. The number of hydrogen-bond acceptors (Lipinski definition) is 8. The van der Waals surface area contributed by atoms with E-state index in [1.165, 1.54) is 0 Å². The molecule has 0 bridgehead atoms. The van der Waals surface area contributed by atoms with Gasteiger partial charge in [0.15, 0.2) is 0 Å². The van der Waals surface area contributed by atoms with E-state index in [9.17, 15) is 0 Å². The van der Waals surface area contributed by atoms with Crippen LogP contribution in [0, 0.1) is 40.8 Å². The Morgan fingerprint density at radius 2 is 0.538 bits per heavy atom. The molecular formula is BaGaNdO8Si2. The van der Waals surface area contributed by atoms with E-state index in [2.05, 4.69) is 0 Å². The fourth-order valence-electron chi connectivity index (χ4n) is 0. The van der Waals surface area contributed by atoms with Gasteiger partial charge in [-0.25, -0.2) is 0 Å². The van der Waals surface area contributed by atoms with Crippen LogP contribution >= 0.6 is 0 Å². The Labute approximate surface area is 162 Å². The molecule has 0 unspecified atom stereocenters. The summed E-state index contributed by atoms with van der Waals surface area (Å²) in [5, 5.41) is 0. The van der Waals surface area contributed by atoms with Crippen LogP contribution in [0.4, 0.5) is 0 Å². The maximum atomic E-state index is 8.58. The molecule has 0 aliphatic heterocycles. The molecule has 0 aromatic carbocycles. The van der Waals surface area contributed by atoms with E-state index in [1.807, 2.05) is 0 Å². The predicted molar refractivity (Wildman–Crippen MR) is 23.0 cm³/mol. The Hall–Kier alpha value is 3.67. The van der Waals surface area contributed by atoms with Crippen LogP contribution in [0.25, 0.3) is 0 Å². The van der Waals surface area contributed by atoms with E-state index in [4.69, 9.17) is 38.4 Å². The summed E-state index contributed by atoms with van der Waals surface area (Å²) in [7, 11) is -11.2. The topological polar surface area (TPSA) is 184 Å². The van der Waals surface area contributed by atoms with Crippen molar-refractivity contribution in [2.75, 3.05) is 0 Å². The van der Waals surface area contributed by atoms with Gasteiger partial charge in [-0.15, -0.1) is 0 Å². The molecule has 0 spiro atoms. The van der Waals surface area contributed by atoms with Crippen LogP contribution in [0.1, 0.15) is 0 Å². The average Bonchev–Trinajstić information content (AvgIpc) is 1.12. The van der Waals surface area contributed by atoms with E-state index in [0.717, 1.165) is 0 Å². The summed E-state index contributed by atoms with van der Waals surface area (Å²) < 4.78 is 0. The van der Waals surface area contributed by atoms with Gasteiger partial charge in [-0.05, 0) is 0 Å². The van der Waals surface area contributed by atoms with Crippen LogP contribution in [-0.4, -0.2) is 86.8 Å². The quantitative estimate of drug-likeness (QED) is 0.274. The van der Waals surface area contributed by atoms with Gasteiger partial charge in [0.25, 0.3) is 0 Å². The molecule has 0 amide bonds. The normalized spacial score (nSPS) is 9.23. The molecule has 0 fully saturated rings. The second-order valence-electron chi connectivity index (χ2n) is 1.00. The smallest absolute Gasteiger partial charge is 0.894 e. The average molecular weight is 535 g/mol. The molecule has 65 valence electrons. The Morgan fingerprint density at radius 1 is 0.538 bits per heavy atom. The van der Waals surface area contributed by atoms with Crippen LogP contribution in [-0.2, 0) is 0 Å². The maximum absolute atomic E-state index is 8.58. The zero-order chi connectivity index (χ0) is 9.00. The van der Waals surface area contributed by atoms with Crippen molar-refractivity contribution in [3.8, 4) is 0 Å². The summed E-state index contributed by atoms with van der Waals surface area (Å²) in [4.78, 5) is 68.6. The van der Waals surface area contributed by atoms with E-state index in [1.54, 1.807) is 0 Å². The minimum absolute atomic E-state index is 0. The Morgan fingerprint density at radius 3 is 0.538 bits per heavy atom. The summed E-state index contributed by atoms with van der Waals surface area (Å²) in [6.07, 6.45) is 0. The van der Waals surface area contributed by atoms with Gasteiger partial charge in [0.2, 0.25) is 0 Å². The molecule has 8 nitrogen and oxygen atoms in total. The van der Waals surface area contributed by atoms with Gasteiger partial charge in [0.05, 0.1) is 0 Å². The molecule has 13 heavy (non-hydrogen) atoms. The van der Waals surface area contributed by atoms with E-state index < -0.39 is 18.1 Å². The monoisotopic (exact) mass is 533 g/mol. The van der Waals surface area contributed by atoms with Gasteiger partial charge in [-0.3, -0.25) is 0 Å². The van der Waals surface area contributed by atoms with Crippen LogP contribution in [0.3, 0.4) is 0 Å². The van der Waals surface area contributed by atoms with Gasteiger partial charge < -0.3 is 56.5 Å². The third kappa shape index (κ3) is 217. The zero-order valence-corrected chi connectivity index (χ0v) is 18.1. The first kappa shape index (κ1) is 30.1. The summed E-state index contributed by atoms with van der Waals surface area (Å²) >= 11 is 0. The molecule has 0 rings (SSSR count). The molecule has 0 aromatic rings. The van der Waals surface area contributed by atoms with Gasteiger partial charge >= 0.3 is 110 Å². The van der Waals surface area contributed by atoms with Crippen molar-refractivity contribution in [3.63, 3.8) is 0 Å². The number of hydrogen-bond donors (Lipinski definition) is 0. The second kappa shape index (κ2) is 13.7. The van der Waals surface area contributed by atoms with Crippen molar-refractivity contribution in [2.24, 2.45) is 0 Å². The molecule has 0 aliphatic carbocycles. The van der Waals surface area contributed by atoms with E-state index in [0.29, 0.717) is 0 Å². The molecular weight excluding hydrogens is 535 g/mol. The molecule has 13 heteroatoms. The molecule has 1 radical (unpaired) electrons. The summed E-state index contributed by atoms with van der Waals surface area (Å²) in [6, 6.07) is 0. The first-order chi connectivity index (χ1) is 4.00. The summed E-state index contributed by atoms with van der Waals surface area (Å²) in [6.45, 7) is 0. The van der Waals surface area contributed by atoms with Gasteiger partial charge in [-0.1, -0.05) is 0 Å². The molecule has 0 heterocycles. The Balaban J connectivity index is -0.0000000267. The van der Waals surface area contributed by atoms with Crippen molar-refractivity contribution >= 4 is 86.8 Å². The molecule has 0 atom stereocenters. The van der Waals surface area contributed by atoms with Crippen molar-refractivity contribution in [1.29, 1.82) is 0 Å². The standard InChI is InChI=1S/Ba.Ga.Nd.2O4Si/c;;;2*1-5(2,3)4/q+2;2*+3;2*-4. The van der Waals surface area contributed by atoms with Crippen molar-refractivity contribution in [3.05, 3.63) is 0 Å². The first-order valence-corrected chi connectivity index (χ1v) is 4.90. The molecule has 0 aromatic heterocycles. The van der Waals surface area contributed by atoms with Crippen LogP contribution in [0.2, 0.25) is 0 Å². The van der Waals surface area contributed by atoms with Gasteiger partial charge in [0, 0.05) is 0 Å². The Kier molecular flexibility index (Phi) is 31.8. The third-order valence-corrected chi connectivity index (χ3v) is 0. The first-order valence-electron chi connectivity index (χ1n) is 1.63.